The van der Waals surface area contributed by atoms with Crippen molar-refractivity contribution in [2.75, 3.05) is 19.7 Å². The molecule has 0 unspecified atom stereocenters. The number of piperidine rings is 1. The molecule has 7 nitrogen and oxygen atoms in total. The fourth-order valence-electron chi connectivity index (χ4n) is 5.33. The lowest BCUT2D eigenvalue weighted by Crippen LogP contribution is -2.45. The van der Waals surface area contributed by atoms with Gasteiger partial charge in [-0.25, -0.2) is 4.98 Å². The van der Waals surface area contributed by atoms with Gasteiger partial charge in [0.25, 0.3) is 0 Å². The first-order valence-electron chi connectivity index (χ1n) is 12.2. The number of para-hydroxylation sites is 2. The largest absolute Gasteiger partial charge is 0.368 e. The van der Waals surface area contributed by atoms with Crippen LogP contribution >= 0.6 is 0 Å². The Balaban J connectivity index is 1.34. The van der Waals surface area contributed by atoms with Crippen LogP contribution in [-0.2, 0) is 22.6 Å². The van der Waals surface area contributed by atoms with E-state index >= 15 is 0 Å². The maximum Gasteiger partial charge on any atom is 0.249 e. The Morgan fingerprint density at radius 1 is 1.18 bits per heavy atom. The molecule has 33 heavy (non-hydrogen) atoms. The number of carbonyl (C=O) groups excluding carboxylic acids is 1. The summed E-state index contributed by atoms with van der Waals surface area (Å²) in [5.74, 6) is 1.39. The van der Waals surface area contributed by atoms with E-state index in [-0.39, 0.29) is 18.1 Å². The molecule has 1 N–H and O–H groups in total. The summed E-state index contributed by atoms with van der Waals surface area (Å²) in [6, 6.07) is 14.2. The van der Waals surface area contributed by atoms with Crippen LogP contribution in [-0.4, -0.2) is 51.1 Å². The molecule has 2 saturated heterocycles. The van der Waals surface area contributed by atoms with Gasteiger partial charge < -0.3 is 14.6 Å². The molecule has 3 aromatic rings. The monoisotopic (exact) mass is 447 g/mol. The van der Waals surface area contributed by atoms with Gasteiger partial charge in [-0.05, 0) is 69.3 Å². The number of amides is 1. The normalized spacial score (nSPS) is 22.5. The number of rotatable bonds is 7. The molecule has 0 radical (unpaired) electrons. The van der Waals surface area contributed by atoms with Crippen LogP contribution in [0.5, 0.6) is 0 Å². The minimum Gasteiger partial charge on any atom is -0.368 e. The van der Waals surface area contributed by atoms with Crippen LogP contribution in [0, 0.1) is 5.92 Å². The zero-order valence-electron chi connectivity index (χ0n) is 19.3. The predicted molar refractivity (Wildman–Crippen MR) is 128 cm³/mol. The molecule has 0 bridgehead atoms. The summed E-state index contributed by atoms with van der Waals surface area (Å²) in [6.45, 7) is 6.50. The quantitative estimate of drug-likeness (QED) is 0.598. The van der Waals surface area contributed by atoms with Crippen molar-refractivity contribution in [3.05, 3.63) is 60.2 Å². The van der Waals surface area contributed by atoms with E-state index in [1.54, 1.807) is 0 Å². The van der Waals surface area contributed by atoms with Gasteiger partial charge in [-0.3, -0.25) is 14.7 Å². The maximum atomic E-state index is 12.9. The van der Waals surface area contributed by atoms with Gasteiger partial charge in [-0.1, -0.05) is 18.2 Å². The Hall–Kier alpha value is -2.77. The van der Waals surface area contributed by atoms with Crippen LogP contribution < -0.4 is 5.32 Å². The van der Waals surface area contributed by atoms with E-state index in [2.05, 4.69) is 44.9 Å². The average molecular weight is 448 g/mol. The summed E-state index contributed by atoms with van der Waals surface area (Å²) in [6.07, 6.45) is 5.38. The van der Waals surface area contributed by atoms with Gasteiger partial charge in [0.1, 0.15) is 11.9 Å². The van der Waals surface area contributed by atoms with Crippen LogP contribution in [0.2, 0.25) is 0 Å². The van der Waals surface area contributed by atoms with E-state index in [4.69, 9.17) is 9.72 Å². The summed E-state index contributed by atoms with van der Waals surface area (Å²) in [4.78, 5) is 25.0. The van der Waals surface area contributed by atoms with Gasteiger partial charge in [0, 0.05) is 25.9 Å². The SMILES string of the molecule is CCn1c(CN2CCC[C@H]([C@@H](NC(=O)[C@@H]3CCCO3)c3ccccn3)C2)nc2ccccc21. The Kier molecular flexibility index (Phi) is 6.69. The van der Waals surface area contributed by atoms with Gasteiger partial charge in [-0.15, -0.1) is 0 Å². The van der Waals surface area contributed by atoms with Crippen molar-refractivity contribution in [3.63, 3.8) is 0 Å². The number of hydrogen-bond donors (Lipinski definition) is 1. The van der Waals surface area contributed by atoms with E-state index in [1.807, 2.05) is 30.5 Å². The molecule has 7 heteroatoms. The zero-order chi connectivity index (χ0) is 22.6. The number of hydrogen-bond acceptors (Lipinski definition) is 5. The van der Waals surface area contributed by atoms with Crippen molar-refractivity contribution in [1.29, 1.82) is 0 Å². The number of aryl methyl sites for hydroxylation is 1. The molecule has 2 aliphatic rings. The van der Waals surface area contributed by atoms with E-state index in [1.165, 1.54) is 5.52 Å². The van der Waals surface area contributed by atoms with Gasteiger partial charge in [0.15, 0.2) is 0 Å². The van der Waals surface area contributed by atoms with Gasteiger partial charge in [0.2, 0.25) is 5.91 Å². The molecule has 0 aliphatic carbocycles. The lowest BCUT2D eigenvalue weighted by Gasteiger charge is -2.37. The summed E-state index contributed by atoms with van der Waals surface area (Å²) >= 11 is 0. The standard InChI is InChI=1S/C26H33N5O2/c1-2-31-22-12-4-3-10-20(22)28-24(31)18-30-15-7-9-19(17-30)25(21-11-5-6-14-27-21)29-26(32)23-13-8-16-33-23/h3-6,10-12,14,19,23,25H,2,7-9,13,15-18H2,1H3,(H,29,32)/t19-,23-,25+/m0/s1. The molecule has 174 valence electrons. The highest BCUT2D eigenvalue weighted by Gasteiger charge is 2.33. The zero-order valence-corrected chi connectivity index (χ0v) is 19.3. The van der Waals surface area contributed by atoms with E-state index < -0.39 is 0 Å². The number of ether oxygens (including phenoxy) is 1. The number of likely N-dealkylation sites (tertiary alicyclic amines) is 1. The minimum absolute atomic E-state index is 0.00643. The fraction of sp³-hybridized carbons (Fsp3) is 0.500. The Bertz CT molecular complexity index is 1080. The Morgan fingerprint density at radius 2 is 2.06 bits per heavy atom. The first kappa shape index (κ1) is 22.0. The molecular weight excluding hydrogens is 414 g/mol. The first-order chi connectivity index (χ1) is 16.2. The fourth-order valence-corrected chi connectivity index (χ4v) is 5.33. The number of benzene rings is 1. The van der Waals surface area contributed by atoms with Crippen molar-refractivity contribution in [1.82, 2.24) is 24.8 Å². The third-order valence-corrected chi connectivity index (χ3v) is 6.95. The van der Waals surface area contributed by atoms with Crippen molar-refractivity contribution in [3.8, 4) is 0 Å². The van der Waals surface area contributed by atoms with Crippen LogP contribution in [0.25, 0.3) is 11.0 Å². The molecule has 5 rings (SSSR count). The Labute approximate surface area is 195 Å². The molecule has 1 aromatic carbocycles. The van der Waals surface area contributed by atoms with Crippen molar-refractivity contribution in [2.24, 2.45) is 5.92 Å². The minimum atomic E-state index is -0.333. The molecule has 0 saturated carbocycles. The van der Waals surface area contributed by atoms with Crippen LogP contribution in [0.1, 0.15) is 50.2 Å². The highest BCUT2D eigenvalue weighted by atomic mass is 16.5. The summed E-state index contributed by atoms with van der Waals surface area (Å²) in [5.41, 5.74) is 3.17. The maximum absolute atomic E-state index is 12.9. The molecule has 1 amide bonds. The first-order valence-corrected chi connectivity index (χ1v) is 12.2. The highest BCUT2D eigenvalue weighted by molar-refractivity contribution is 5.81. The van der Waals surface area contributed by atoms with Crippen molar-refractivity contribution >= 4 is 16.9 Å². The number of imidazole rings is 1. The van der Waals surface area contributed by atoms with Crippen molar-refractivity contribution in [2.45, 2.75) is 57.8 Å². The average Bonchev–Trinajstić information content (AvgIpc) is 3.51. The summed E-state index contributed by atoms with van der Waals surface area (Å²) in [7, 11) is 0. The molecule has 2 fully saturated rings. The van der Waals surface area contributed by atoms with Gasteiger partial charge >= 0.3 is 0 Å². The predicted octanol–water partition coefficient (Wildman–Crippen LogP) is 3.70. The smallest absolute Gasteiger partial charge is 0.249 e. The second kappa shape index (κ2) is 10.0. The van der Waals surface area contributed by atoms with Crippen LogP contribution in [0.3, 0.4) is 0 Å². The summed E-state index contributed by atoms with van der Waals surface area (Å²) < 4.78 is 7.95. The second-order valence-electron chi connectivity index (χ2n) is 9.14. The van der Waals surface area contributed by atoms with Gasteiger partial charge in [-0.2, -0.15) is 0 Å². The second-order valence-corrected chi connectivity index (χ2v) is 9.14. The number of nitrogens with one attached hydrogen (secondary N) is 1. The third-order valence-electron chi connectivity index (χ3n) is 6.95. The summed E-state index contributed by atoms with van der Waals surface area (Å²) in [5, 5.41) is 3.30. The van der Waals surface area contributed by atoms with Crippen molar-refractivity contribution < 1.29 is 9.53 Å². The van der Waals surface area contributed by atoms with E-state index in [9.17, 15) is 4.79 Å². The topological polar surface area (TPSA) is 72.3 Å². The highest BCUT2D eigenvalue weighted by Crippen LogP contribution is 2.30. The number of fused-ring (bicyclic) bond motifs is 1. The number of nitrogens with zero attached hydrogens (tertiary/aromatic N) is 4. The molecule has 2 aliphatic heterocycles. The molecule has 2 aromatic heterocycles. The number of carbonyl (C=O) groups is 1. The van der Waals surface area contributed by atoms with E-state index in [0.29, 0.717) is 12.5 Å². The van der Waals surface area contributed by atoms with Crippen LogP contribution in [0.4, 0.5) is 0 Å². The Morgan fingerprint density at radius 3 is 2.85 bits per heavy atom. The molecular formula is C26H33N5O2. The van der Waals surface area contributed by atoms with E-state index in [0.717, 1.165) is 68.9 Å². The molecule has 0 spiro atoms. The molecule has 4 heterocycles. The molecule has 3 atom stereocenters. The van der Waals surface area contributed by atoms with Crippen LogP contribution in [0.15, 0.2) is 48.7 Å². The lowest BCUT2D eigenvalue weighted by atomic mass is 9.88. The lowest BCUT2D eigenvalue weighted by molar-refractivity contribution is -0.131. The number of pyridine rings is 1. The number of aromatic nitrogens is 3. The van der Waals surface area contributed by atoms with Gasteiger partial charge in [0.05, 0.1) is 29.3 Å². The third kappa shape index (κ3) is 4.80.